The maximum absolute atomic E-state index is 11.2. The number of non-ortho nitro benzene ring substituents is 1. The number of hydrazone groups is 1. The van der Waals surface area contributed by atoms with Crippen LogP contribution in [0.2, 0.25) is 0 Å². The fourth-order valence-corrected chi connectivity index (χ4v) is 4.04. The molecule has 2 aromatic carbocycles. The van der Waals surface area contributed by atoms with Gasteiger partial charge in [0.05, 0.1) is 17.2 Å². The molecule has 5 rings (SSSR count). The third kappa shape index (κ3) is 2.77. The number of nitrogens with zero attached hydrogens (tertiary/aromatic N) is 3. The first kappa shape index (κ1) is 17.0. The summed E-state index contributed by atoms with van der Waals surface area (Å²) in [6, 6.07) is 16.0. The molecule has 2 unspecified atom stereocenters. The summed E-state index contributed by atoms with van der Waals surface area (Å²) in [5.74, 6) is 1.46. The topological polar surface area (TPSA) is 81.1 Å². The zero-order valence-electron chi connectivity index (χ0n) is 14.5. The molecule has 140 valence electrons. The summed E-state index contributed by atoms with van der Waals surface area (Å²) >= 11 is 3.52. The maximum atomic E-state index is 11.2. The molecule has 0 bridgehead atoms. The largest absolute Gasteiger partial charge is 0.464 e. The molecule has 3 heterocycles. The fourth-order valence-electron chi connectivity index (χ4n) is 3.66. The second-order valence-electron chi connectivity index (χ2n) is 6.63. The minimum Gasteiger partial charge on any atom is -0.464 e. The smallest absolute Gasteiger partial charge is 0.269 e. The third-order valence-corrected chi connectivity index (χ3v) is 5.42. The lowest BCUT2D eigenvalue weighted by atomic mass is 9.97. The molecule has 0 fully saturated rings. The fraction of sp³-hybridized carbons (Fsp3) is 0.150. The van der Waals surface area contributed by atoms with Crippen molar-refractivity contribution >= 4 is 27.3 Å². The summed E-state index contributed by atoms with van der Waals surface area (Å²) in [6.45, 7) is 0. The van der Waals surface area contributed by atoms with Crippen LogP contribution in [0.5, 0.6) is 5.75 Å². The molecular weight excluding hydrogens is 426 g/mol. The van der Waals surface area contributed by atoms with Crippen molar-refractivity contribution in [2.24, 2.45) is 5.10 Å². The van der Waals surface area contributed by atoms with Gasteiger partial charge in [0.25, 0.3) is 5.69 Å². The van der Waals surface area contributed by atoms with Gasteiger partial charge in [0, 0.05) is 34.2 Å². The third-order valence-electron chi connectivity index (χ3n) is 4.92. The van der Waals surface area contributed by atoms with E-state index in [1.165, 1.54) is 12.1 Å². The van der Waals surface area contributed by atoms with E-state index in [0.29, 0.717) is 17.7 Å². The minimum atomic E-state index is -0.564. The molecule has 0 aliphatic carbocycles. The molecule has 0 radical (unpaired) electrons. The first-order valence-electron chi connectivity index (χ1n) is 8.70. The van der Waals surface area contributed by atoms with Gasteiger partial charge in [-0.1, -0.05) is 28.1 Å². The minimum absolute atomic E-state index is 0.0219. The van der Waals surface area contributed by atoms with Crippen LogP contribution in [0.25, 0.3) is 0 Å². The van der Waals surface area contributed by atoms with E-state index in [1.54, 1.807) is 12.3 Å². The van der Waals surface area contributed by atoms with Crippen molar-refractivity contribution in [3.05, 3.63) is 92.3 Å². The Kier molecular flexibility index (Phi) is 3.94. The van der Waals surface area contributed by atoms with Gasteiger partial charge in [0.15, 0.2) is 0 Å². The van der Waals surface area contributed by atoms with Gasteiger partial charge in [-0.3, -0.25) is 10.1 Å². The van der Waals surface area contributed by atoms with E-state index in [1.807, 2.05) is 41.4 Å². The van der Waals surface area contributed by atoms with Crippen LogP contribution < -0.4 is 4.74 Å². The molecular formula is C20H14BrN3O4. The van der Waals surface area contributed by atoms with Crippen LogP contribution in [0.4, 0.5) is 5.69 Å². The predicted octanol–water partition coefficient (Wildman–Crippen LogP) is 5.19. The molecule has 0 saturated carbocycles. The van der Waals surface area contributed by atoms with Gasteiger partial charge in [0.1, 0.15) is 17.2 Å². The van der Waals surface area contributed by atoms with E-state index in [9.17, 15) is 10.1 Å². The maximum Gasteiger partial charge on any atom is 0.269 e. The number of halogens is 1. The number of ether oxygens (including phenoxy) is 1. The quantitative estimate of drug-likeness (QED) is 0.414. The second kappa shape index (κ2) is 6.49. The summed E-state index contributed by atoms with van der Waals surface area (Å²) in [4.78, 5) is 10.8. The van der Waals surface area contributed by atoms with Crippen molar-refractivity contribution in [3.8, 4) is 5.75 Å². The van der Waals surface area contributed by atoms with E-state index in [0.717, 1.165) is 21.5 Å². The summed E-state index contributed by atoms with van der Waals surface area (Å²) < 4.78 is 12.7. The van der Waals surface area contributed by atoms with Gasteiger partial charge >= 0.3 is 0 Å². The standard InChI is InChI=1S/C20H14BrN3O4/c21-13-6-7-18-15(10-13)17-11-16(19-5-2-8-27-19)22-23(17)20(28-18)12-3-1-4-14(9-12)24(25)26/h1-10,17,20H,11H2. The Morgan fingerprint density at radius 3 is 2.86 bits per heavy atom. The van der Waals surface area contributed by atoms with Crippen LogP contribution in [0, 0.1) is 10.1 Å². The van der Waals surface area contributed by atoms with Crippen molar-refractivity contribution in [3.63, 3.8) is 0 Å². The molecule has 2 atom stereocenters. The molecule has 0 spiro atoms. The van der Waals surface area contributed by atoms with Crippen LogP contribution in [0.15, 0.2) is 74.9 Å². The molecule has 1 aromatic heterocycles. The van der Waals surface area contributed by atoms with E-state index in [4.69, 9.17) is 14.3 Å². The van der Waals surface area contributed by atoms with Crippen molar-refractivity contribution in [2.45, 2.75) is 18.7 Å². The van der Waals surface area contributed by atoms with Crippen LogP contribution >= 0.6 is 15.9 Å². The molecule has 2 aliphatic rings. The number of hydrogen-bond donors (Lipinski definition) is 0. The Morgan fingerprint density at radius 2 is 2.07 bits per heavy atom. The second-order valence-corrected chi connectivity index (χ2v) is 7.54. The van der Waals surface area contributed by atoms with Crippen molar-refractivity contribution in [1.29, 1.82) is 0 Å². The first-order valence-corrected chi connectivity index (χ1v) is 9.49. The van der Waals surface area contributed by atoms with Gasteiger partial charge in [-0.2, -0.15) is 5.10 Å². The average molecular weight is 440 g/mol. The number of hydrogen-bond acceptors (Lipinski definition) is 6. The van der Waals surface area contributed by atoms with Gasteiger partial charge in [0.2, 0.25) is 6.23 Å². The van der Waals surface area contributed by atoms with Gasteiger partial charge in [-0.15, -0.1) is 0 Å². The first-order chi connectivity index (χ1) is 13.6. The molecule has 0 saturated heterocycles. The summed E-state index contributed by atoms with van der Waals surface area (Å²) in [5.41, 5.74) is 2.54. The lowest BCUT2D eigenvalue weighted by Gasteiger charge is -2.38. The molecule has 8 heteroatoms. The SMILES string of the molecule is O=[N+]([O-])c1cccc(C2Oc3ccc(Br)cc3C3CC(c4ccco4)=NN32)c1. The van der Waals surface area contributed by atoms with Crippen molar-refractivity contribution in [1.82, 2.24) is 5.01 Å². The summed E-state index contributed by atoms with van der Waals surface area (Å²) in [5, 5.41) is 17.8. The number of nitro benzene ring substituents is 1. The highest BCUT2D eigenvalue weighted by atomic mass is 79.9. The van der Waals surface area contributed by atoms with Crippen molar-refractivity contribution < 1.29 is 14.1 Å². The molecule has 7 nitrogen and oxygen atoms in total. The summed E-state index contributed by atoms with van der Waals surface area (Å²) in [7, 11) is 0. The van der Waals surface area contributed by atoms with E-state index in [-0.39, 0.29) is 11.7 Å². The summed E-state index contributed by atoms with van der Waals surface area (Å²) in [6.07, 6.45) is 1.71. The van der Waals surface area contributed by atoms with Crippen LogP contribution in [-0.4, -0.2) is 15.6 Å². The molecule has 3 aromatic rings. The highest BCUT2D eigenvalue weighted by Gasteiger charge is 2.41. The lowest BCUT2D eigenvalue weighted by molar-refractivity contribution is -0.385. The number of nitro groups is 1. The molecule has 0 amide bonds. The highest BCUT2D eigenvalue weighted by Crippen LogP contribution is 2.48. The highest BCUT2D eigenvalue weighted by molar-refractivity contribution is 9.10. The number of benzene rings is 2. The van der Waals surface area contributed by atoms with Gasteiger partial charge < -0.3 is 9.15 Å². The lowest BCUT2D eigenvalue weighted by Crippen LogP contribution is -2.33. The normalized spacial score (nSPS) is 20.2. The van der Waals surface area contributed by atoms with Crippen LogP contribution in [0.1, 0.15) is 35.6 Å². The van der Waals surface area contributed by atoms with Gasteiger partial charge in [-0.05, 0) is 30.3 Å². The van der Waals surface area contributed by atoms with Crippen LogP contribution in [-0.2, 0) is 0 Å². The molecule has 2 aliphatic heterocycles. The Bertz CT molecular complexity index is 1100. The van der Waals surface area contributed by atoms with Crippen molar-refractivity contribution in [2.75, 3.05) is 0 Å². The average Bonchev–Trinajstić information content (AvgIpc) is 3.37. The van der Waals surface area contributed by atoms with E-state index < -0.39 is 11.2 Å². The predicted molar refractivity (Wildman–Crippen MR) is 105 cm³/mol. The number of fused-ring (bicyclic) bond motifs is 3. The Labute approximate surface area is 168 Å². The van der Waals surface area contributed by atoms with Crippen LogP contribution in [0.3, 0.4) is 0 Å². The Morgan fingerprint density at radius 1 is 1.18 bits per heavy atom. The zero-order chi connectivity index (χ0) is 19.3. The Hall–Kier alpha value is -3.13. The molecule has 0 N–H and O–H groups in total. The zero-order valence-corrected chi connectivity index (χ0v) is 16.1. The van der Waals surface area contributed by atoms with Gasteiger partial charge in [-0.25, -0.2) is 5.01 Å². The molecule has 28 heavy (non-hydrogen) atoms. The number of rotatable bonds is 3. The monoisotopic (exact) mass is 439 g/mol. The van der Waals surface area contributed by atoms with E-state index >= 15 is 0 Å². The number of furan rings is 1. The Balaban J connectivity index is 1.62. The van der Waals surface area contributed by atoms with E-state index in [2.05, 4.69) is 15.9 Å².